The van der Waals surface area contributed by atoms with Crippen molar-refractivity contribution in [3.63, 3.8) is 0 Å². The van der Waals surface area contributed by atoms with Gasteiger partial charge in [0.25, 0.3) is 0 Å². The van der Waals surface area contributed by atoms with Crippen molar-refractivity contribution < 1.29 is 32.9 Å². The molecule has 0 bridgehead atoms. The zero-order valence-corrected chi connectivity index (χ0v) is 23.7. The maximum absolute atomic E-state index is 15.8. The lowest BCUT2D eigenvalue weighted by Crippen LogP contribution is -2.11. The molecule has 0 aliphatic heterocycles. The number of hydrogen-bond acceptors (Lipinski definition) is 7. The Morgan fingerprint density at radius 3 is 2.38 bits per heavy atom. The fourth-order valence-corrected chi connectivity index (χ4v) is 5.10. The van der Waals surface area contributed by atoms with Crippen LogP contribution >= 0.6 is 0 Å². The van der Waals surface area contributed by atoms with Crippen LogP contribution in [0.2, 0.25) is 0 Å². The van der Waals surface area contributed by atoms with Crippen LogP contribution in [0.25, 0.3) is 22.0 Å². The molecule has 9 nitrogen and oxygen atoms in total. The number of benzene rings is 2. The lowest BCUT2D eigenvalue weighted by molar-refractivity contribution is -0.141. The number of halogens is 1. The second-order valence-electron chi connectivity index (χ2n) is 9.51. The lowest BCUT2D eigenvalue weighted by Gasteiger charge is -2.12. The van der Waals surface area contributed by atoms with E-state index in [1.54, 1.807) is 36.5 Å². The topological polar surface area (TPSA) is 93.8 Å². The fraction of sp³-hybridized carbons (Fsp3) is 0.367. The first kappa shape index (κ1) is 28.8. The van der Waals surface area contributed by atoms with Crippen LogP contribution in [-0.4, -0.2) is 47.1 Å². The summed E-state index contributed by atoms with van der Waals surface area (Å²) in [5, 5.41) is 5.29. The minimum Gasteiger partial charge on any atom is -0.497 e. The van der Waals surface area contributed by atoms with Crippen LogP contribution in [0.4, 0.5) is 4.39 Å². The number of nitrogens with zero attached hydrogens (tertiary/aromatic N) is 3. The number of esters is 2. The highest BCUT2D eigenvalue weighted by atomic mass is 19.1. The van der Waals surface area contributed by atoms with Crippen molar-refractivity contribution in [3.8, 4) is 16.9 Å². The highest BCUT2D eigenvalue weighted by molar-refractivity contribution is 6.05. The summed E-state index contributed by atoms with van der Waals surface area (Å²) in [7, 11) is 6.45. The fourth-order valence-electron chi connectivity index (χ4n) is 5.10. The first-order valence-electron chi connectivity index (χ1n) is 12.9. The van der Waals surface area contributed by atoms with Gasteiger partial charge in [0, 0.05) is 37.5 Å². The molecule has 40 heavy (non-hydrogen) atoms. The minimum absolute atomic E-state index is 0.193. The largest absolute Gasteiger partial charge is 0.497 e. The Bertz CT molecular complexity index is 1540. The number of aryl methyl sites for hydroxylation is 4. The van der Waals surface area contributed by atoms with Crippen molar-refractivity contribution in [2.45, 2.75) is 39.9 Å². The number of methoxy groups -OCH3 is 2. The van der Waals surface area contributed by atoms with E-state index in [4.69, 9.17) is 18.9 Å². The molecule has 0 spiro atoms. The van der Waals surface area contributed by atoms with Gasteiger partial charge in [-0.2, -0.15) is 5.10 Å². The van der Waals surface area contributed by atoms with Crippen LogP contribution in [0.3, 0.4) is 0 Å². The first-order valence-corrected chi connectivity index (χ1v) is 12.9. The third-order valence-corrected chi connectivity index (χ3v) is 6.92. The second-order valence-corrected chi connectivity index (χ2v) is 9.51. The van der Waals surface area contributed by atoms with E-state index in [2.05, 4.69) is 5.10 Å². The van der Waals surface area contributed by atoms with Gasteiger partial charge in [0.15, 0.2) is 0 Å². The molecule has 0 radical (unpaired) electrons. The molecule has 0 amide bonds. The Morgan fingerprint density at radius 1 is 1.00 bits per heavy atom. The van der Waals surface area contributed by atoms with Crippen molar-refractivity contribution in [2.75, 3.05) is 20.8 Å². The van der Waals surface area contributed by atoms with Crippen LogP contribution in [0.1, 0.15) is 46.3 Å². The molecular formula is C30H34FN3O6. The number of ether oxygens (including phenoxy) is 4. The maximum Gasteiger partial charge on any atom is 0.354 e. The van der Waals surface area contributed by atoms with Crippen LogP contribution in [0.15, 0.2) is 36.4 Å². The lowest BCUT2D eigenvalue weighted by atomic mass is 9.97. The smallest absolute Gasteiger partial charge is 0.354 e. The summed E-state index contributed by atoms with van der Waals surface area (Å²) in [6.07, 6.45) is 0.926. The van der Waals surface area contributed by atoms with Gasteiger partial charge in [0.1, 0.15) is 17.3 Å². The number of carbonyl (C=O) groups excluding carboxylic acids is 2. The van der Waals surface area contributed by atoms with E-state index in [-0.39, 0.29) is 19.2 Å². The van der Waals surface area contributed by atoms with Gasteiger partial charge >= 0.3 is 11.9 Å². The van der Waals surface area contributed by atoms with Crippen LogP contribution in [0.5, 0.6) is 5.75 Å². The minimum atomic E-state index is -0.529. The summed E-state index contributed by atoms with van der Waals surface area (Å²) in [4.78, 5) is 24.1. The van der Waals surface area contributed by atoms with E-state index >= 15 is 4.39 Å². The zero-order chi connectivity index (χ0) is 29.0. The van der Waals surface area contributed by atoms with E-state index in [0.717, 1.165) is 16.7 Å². The molecule has 0 fully saturated rings. The summed E-state index contributed by atoms with van der Waals surface area (Å²) in [5.41, 5.74) is 4.84. The van der Waals surface area contributed by atoms with Crippen molar-refractivity contribution in [3.05, 3.63) is 70.4 Å². The van der Waals surface area contributed by atoms with Crippen molar-refractivity contribution >= 4 is 22.8 Å². The van der Waals surface area contributed by atoms with Crippen LogP contribution in [0, 0.1) is 12.7 Å². The van der Waals surface area contributed by atoms with Gasteiger partial charge in [-0.15, -0.1) is 0 Å². The molecule has 10 heteroatoms. The summed E-state index contributed by atoms with van der Waals surface area (Å²) < 4.78 is 40.5. The molecule has 2 aromatic heterocycles. The molecule has 0 atom stereocenters. The molecule has 0 aliphatic carbocycles. The Morgan fingerprint density at radius 2 is 1.73 bits per heavy atom. The van der Waals surface area contributed by atoms with Crippen molar-refractivity contribution in [2.24, 2.45) is 14.1 Å². The van der Waals surface area contributed by atoms with Crippen molar-refractivity contribution in [1.29, 1.82) is 0 Å². The Hall–Kier alpha value is -4.18. The van der Waals surface area contributed by atoms with E-state index in [1.807, 2.05) is 31.2 Å². The summed E-state index contributed by atoms with van der Waals surface area (Å²) in [6, 6.07) is 10.7. The first-order chi connectivity index (χ1) is 19.2. The Kier molecular flexibility index (Phi) is 8.89. The molecule has 4 aromatic rings. The van der Waals surface area contributed by atoms with E-state index in [9.17, 15) is 9.59 Å². The van der Waals surface area contributed by atoms with Gasteiger partial charge in [-0.3, -0.25) is 9.48 Å². The van der Waals surface area contributed by atoms with E-state index < -0.39 is 11.8 Å². The van der Waals surface area contributed by atoms with Gasteiger partial charge in [-0.05, 0) is 55.2 Å². The molecule has 0 saturated carbocycles. The predicted octanol–water partition coefficient (Wildman–Crippen LogP) is 5.03. The normalized spacial score (nSPS) is 11.2. The summed E-state index contributed by atoms with van der Waals surface area (Å²) in [5.74, 6) is -0.581. The quantitative estimate of drug-likeness (QED) is 0.191. The third kappa shape index (κ3) is 5.72. The number of hydrogen-bond donors (Lipinski definition) is 0. The van der Waals surface area contributed by atoms with Crippen LogP contribution < -0.4 is 4.74 Å². The molecule has 212 valence electrons. The average molecular weight is 552 g/mol. The molecule has 0 N–H and O–H groups in total. The summed E-state index contributed by atoms with van der Waals surface area (Å²) in [6.45, 7) is 3.92. The highest BCUT2D eigenvalue weighted by Gasteiger charge is 2.28. The summed E-state index contributed by atoms with van der Waals surface area (Å²) >= 11 is 0. The molecule has 0 saturated heterocycles. The van der Waals surface area contributed by atoms with Gasteiger partial charge in [0.2, 0.25) is 0 Å². The molecule has 0 aliphatic rings. The zero-order valence-electron chi connectivity index (χ0n) is 23.7. The number of fused-ring (bicyclic) bond motifs is 1. The number of carbonyl (C=O) groups is 2. The standard InChI is InChI=1S/C30H34FN3O6/c1-18-26(25(34(4)32-18)17-39-16-20-9-11-21(37-5)12-10-20)27-24(31)14-13-23-22(8-7-15-40-19(2)35)29(30(36)38-6)33(3)28(23)27/h9-14H,7-8,15-17H2,1-6H3. The van der Waals surface area contributed by atoms with Gasteiger partial charge < -0.3 is 23.5 Å². The molecule has 4 rings (SSSR count). The number of aromatic nitrogens is 3. The predicted molar refractivity (Wildman–Crippen MR) is 148 cm³/mol. The molecule has 2 heterocycles. The SMILES string of the molecule is COC(=O)c1c(CCCOC(C)=O)c2ccc(F)c(-c3c(C)nn(C)c3COCc3ccc(OC)cc3)c2n1C. The molecule has 0 unspecified atom stereocenters. The monoisotopic (exact) mass is 551 g/mol. The Balaban J connectivity index is 1.76. The van der Waals surface area contributed by atoms with Gasteiger partial charge in [-0.25, -0.2) is 9.18 Å². The maximum atomic E-state index is 15.8. The van der Waals surface area contributed by atoms with E-state index in [0.29, 0.717) is 58.7 Å². The van der Waals surface area contributed by atoms with Gasteiger partial charge in [0.05, 0.1) is 50.9 Å². The average Bonchev–Trinajstić information content (AvgIpc) is 3.37. The Labute approximate surface area is 232 Å². The van der Waals surface area contributed by atoms with Crippen molar-refractivity contribution in [1.82, 2.24) is 14.3 Å². The van der Waals surface area contributed by atoms with Crippen LogP contribution in [-0.2, 0) is 52.7 Å². The highest BCUT2D eigenvalue weighted by Crippen LogP contribution is 2.39. The second kappa shape index (κ2) is 12.3. The third-order valence-electron chi connectivity index (χ3n) is 6.92. The molecule has 2 aromatic carbocycles. The van der Waals surface area contributed by atoms with E-state index in [1.165, 1.54) is 20.1 Å². The molecular weight excluding hydrogens is 517 g/mol. The number of rotatable bonds is 11. The van der Waals surface area contributed by atoms with Gasteiger partial charge in [-0.1, -0.05) is 12.1 Å².